The molecule has 31 heavy (non-hydrogen) atoms. The Hall–Kier alpha value is -1.64. The third-order valence-electron chi connectivity index (χ3n) is 8.58. The summed E-state index contributed by atoms with van der Waals surface area (Å²) in [5.74, 6) is 0. The van der Waals surface area contributed by atoms with Crippen LogP contribution in [-0.2, 0) is 5.60 Å². The molecule has 3 aliphatic heterocycles. The molecule has 2 aromatic carbocycles. The smallest absolute Gasteiger partial charge is 0.121 e. The minimum Gasteiger partial charge on any atom is -0.380 e. The largest absolute Gasteiger partial charge is 0.380 e. The van der Waals surface area contributed by atoms with Crippen molar-refractivity contribution in [2.75, 3.05) is 26.2 Å². The summed E-state index contributed by atoms with van der Waals surface area (Å²) in [5.41, 5.74) is 1.19. The van der Waals surface area contributed by atoms with Crippen LogP contribution >= 0.6 is 0 Å². The van der Waals surface area contributed by atoms with Crippen LogP contribution in [0.3, 0.4) is 0 Å². The fourth-order valence-corrected chi connectivity index (χ4v) is 6.48. The van der Waals surface area contributed by atoms with Crippen molar-refractivity contribution in [2.24, 2.45) is 5.41 Å². The van der Waals surface area contributed by atoms with E-state index in [0.717, 1.165) is 30.4 Å². The summed E-state index contributed by atoms with van der Waals surface area (Å²) < 4.78 is 1.30. The SMILES string of the molecule is CCCCCCCCC[N+]12CCC(C(O)(c3ccccc3)c3ccccc3)(CC1)CC2. The highest BCUT2D eigenvalue weighted by molar-refractivity contribution is 5.39. The summed E-state index contributed by atoms with van der Waals surface area (Å²) in [4.78, 5) is 0. The van der Waals surface area contributed by atoms with Crippen LogP contribution in [0.1, 0.15) is 82.3 Å². The van der Waals surface area contributed by atoms with Crippen LogP contribution in [0, 0.1) is 5.41 Å². The molecule has 5 rings (SSSR count). The minimum atomic E-state index is -0.898. The van der Waals surface area contributed by atoms with E-state index in [9.17, 15) is 5.11 Å². The molecule has 0 atom stereocenters. The topological polar surface area (TPSA) is 20.2 Å². The van der Waals surface area contributed by atoms with Crippen LogP contribution in [0.15, 0.2) is 60.7 Å². The van der Waals surface area contributed by atoms with Gasteiger partial charge >= 0.3 is 0 Å². The van der Waals surface area contributed by atoms with Crippen molar-refractivity contribution in [3.05, 3.63) is 71.8 Å². The minimum absolute atomic E-state index is 0.0458. The van der Waals surface area contributed by atoms with Crippen molar-refractivity contribution >= 4 is 0 Å². The molecular formula is C29H42NO+. The standard InChI is InChI=1S/C29H42NO/c1-2-3-4-5-6-7-14-22-30-23-19-28(20-24-30,21-25-30)29(31,26-15-10-8-11-16-26)27-17-12-9-13-18-27/h8-13,15-18,31H,2-7,14,19-25H2,1H3/q+1. The zero-order chi connectivity index (χ0) is 21.6. The Morgan fingerprint density at radius 1 is 0.710 bits per heavy atom. The van der Waals surface area contributed by atoms with Crippen molar-refractivity contribution in [1.29, 1.82) is 0 Å². The molecule has 3 aliphatic rings. The predicted octanol–water partition coefficient (Wildman–Crippen LogP) is 6.67. The average molecular weight is 421 g/mol. The van der Waals surface area contributed by atoms with Gasteiger partial charge in [-0.05, 0) is 24.0 Å². The van der Waals surface area contributed by atoms with Gasteiger partial charge in [0.2, 0.25) is 0 Å². The van der Waals surface area contributed by atoms with Gasteiger partial charge in [0.1, 0.15) is 5.60 Å². The van der Waals surface area contributed by atoms with Gasteiger partial charge in [0, 0.05) is 24.7 Å². The van der Waals surface area contributed by atoms with E-state index < -0.39 is 5.60 Å². The molecule has 0 radical (unpaired) electrons. The van der Waals surface area contributed by atoms with Crippen molar-refractivity contribution in [2.45, 2.75) is 76.7 Å². The molecule has 2 heteroatoms. The number of unbranched alkanes of at least 4 members (excludes halogenated alkanes) is 6. The average Bonchev–Trinajstić information content (AvgIpc) is 2.85. The van der Waals surface area contributed by atoms with Crippen molar-refractivity contribution in [3.63, 3.8) is 0 Å². The van der Waals surface area contributed by atoms with E-state index >= 15 is 0 Å². The van der Waals surface area contributed by atoms with E-state index in [2.05, 4.69) is 67.6 Å². The van der Waals surface area contributed by atoms with Gasteiger partial charge in [0.05, 0.1) is 26.2 Å². The first-order chi connectivity index (χ1) is 15.1. The molecule has 0 aliphatic carbocycles. The van der Waals surface area contributed by atoms with Gasteiger partial charge in [-0.2, -0.15) is 0 Å². The lowest BCUT2D eigenvalue weighted by molar-refractivity contribution is -0.946. The van der Waals surface area contributed by atoms with Crippen molar-refractivity contribution in [3.8, 4) is 0 Å². The van der Waals surface area contributed by atoms with E-state index in [4.69, 9.17) is 0 Å². The number of fused-ring (bicyclic) bond motifs is 3. The summed E-state index contributed by atoms with van der Waals surface area (Å²) in [5, 5.41) is 12.4. The molecule has 3 heterocycles. The van der Waals surface area contributed by atoms with Gasteiger partial charge < -0.3 is 9.59 Å². The molecule has 1 N–H and O–H groups in total. The Balaban J connectivity index is 1.45. The molecule has 0 spiro atoms. The number of nitrogens with zero attached hydrogens (tertiary/aromatic N) is 1. The first kappa shape index (κ1) is 22.6. The van der Waals surface area contributed by atoms with Crippen LogP contribution < -0.4 is 0 Å². The fraction of sp³-hybridized carbons (Fsp3) is 0.586. The predicted molar refractivity (Wildman–Crippen MR) is 130 cm³/mol. The number of aliphatic hydroxyl groups is 1. The van der Waals surface area contributed by atoms with Gasteiger partial charge in [-0.25, -0.2) is 0 Å². The monoisotopic (exact) mass is 420 g/mol. The third kappa shape index (κ3) is 4.47. The lowest BCUT2D eigenvalue weighted by Crippen LogP contribution is -2.66. The summed E-state index contributed by atoms with van der Waals surface area (Å²) in [6.07, 6.45) is 13.1. The van der Waals surface area contributed by atoms with Crippen LogP contribution in [0.5, 0.6) is 0 Å². The highest BCUT2D eigenvalue weighted by atomic mass is 16.3. The molecule has 0 amide bonds. The Kier molecular flexibility index (Phi) is 7.19. The zero-order valence-electron chi connectivity index (χ0n) is 19.6. The lowest BCUT2D eigenvalue weighted by atomic mass is 9.56. The number of hydrogen-bond donors (Lipinski definition) is 1. The van der Waals surface area contributed by atoms with Crippen molar-refractivity contribution in [1.82, 2.24) is 0 Å². The Labute approximate surface area is 189 Å². The Morgan fingerprint density at radius 2 is 1.16 bits per heavy atom. The molecule has 3 saturated heterocycles. The van der Waals surface area contributed by atoms with E-state index in [0.29, 0.717) is 0 Å². The first-order valence-corrected chi connectivity index (χ1v) is 12.8. The molecular weight excluding hydrogens is 378 g/mol. The molecule has 168 valence electrons. The Morgan fingerprint density at radius 3 is 1.65 bits per heavy atom. The number of hydrogen-bond acceptors (Lipinski definition) is 1. The number of piperidine rings is 3. The highest BCUT2D eigenvalue weighted by Gasteiger charge is 2.60. The quantitative estimate of drug-likeness (QED) is 0.318. The van der Waals surface area contributed by atoms with E-state index in [1.807, 2.05) is 0 Å². The maximum Gasteiger partial charge on any atom is 0.121 e. The maximum absolute atomic E-state index is 12.4. The summed E-state index contributed by atoms with van der Waals surface area (Å²) in [6.45, 7) is 7.34. The van der Waals surface area contributed by atoms with Gasteiger partial charge in [-0.15, -0.1) is 0 Å². The molecule has 2 aromatic rings. The van der Waals surface area contributed by atoms with Crippen LogP contribution in [0.25, 0.3) is 0 Å². The zero-order valence-corrected chi connectivity index (χ0v) is 19.6. The van der Waals surface area contributed by atoms with Gasteiger partial charge in [0.25, 0.3) is 0 Å². The van der Waals surface area contributed by atoms with Gasteiger partial charge in [0.15, 0.2) is 0 Å². The normalized spacial score (nSPS) is 25.6. The fourth-order valence-electron chi connectivity index (χ4n) is 6.48. The maximum atomic E-state index is 12.4. The third-order valence-corrected chi connectivity index (χ3v) is 8.58. The summed E-state index contributed by atoms with van der Waals surface area (Å²) in [6, 6.07) is 20.9. The first-order valence-electron chi connectivity index (χ1n) is 12.8. The van der Waals surface area contributed by atoms with E-state index in [1.165, 1.54) is 75.6 Å². The second-order valence-corrected chi connectivity index (χ2v) is 10.3. The number of rotatable bonds is 11. The molecule has 0 aromatic heterocycles. The number of benzene rings is 2. The molecule has 0 saturated carbocycles. The van der Waals surface area contributed by atoms with Crippen LogP contribution in [0.4, 0.5) is 0 Å². The molecule has 3 fully saturated rings. The number of quaternary nitrogens is 1. The van der Waals surface area contributed by atoms with Crippen LogP contribution in [0.2, 0.25) is 0 Å². The van der Waals surface area contributed by atoms with Gasteiger partial charge in [-0.1, -0.05) is 99.7 Å². The van der Waals surface area contributed by atoms with Gasteiger partial charge in [-0.3, -0.25) is 0 Å². The molecule has 0 unspecified atom stereocenters. The summed E-state index contributed by atoms with van der Waals surface area (Å²) >= 11 is 0. The van der Waals surface area contributed by atoms with Crippen LogP contribution in [-0.4, -0.2) is 35.8 Å². The van der Waals surface area contributed by atoms with E-state index in [-0.39, 0.29) is 5.41 Å². The highest BCUT2D eigenvalue weighted by Crippen LogP contribution is 2.57. The lowest BCUT2D eigenvalue weighted by Gasteiger charge is -2.60. The Bertz CT molecular complexity index is 736. The van der Waals surface area contributed by atoms with Crippen molar-refractivity contribution < 1.29 is 9.59 Å². The second-order valence-electron chi connectivity index (χ2n) is 10.3. The molecule has 2 bridgehead atoms. The second kappa shape index (κ2) is 9.88. The van der Waals surface area contributed by atoms with E-state index in [1.54, 1.807) is 0 Å². The summed E-state index contributed by atoms with van der Waals surface area (Å²) in [7, 11) is 0. The molecule has 2 nitrogen and oxygen atoms in total.